The summed E-state index contributed by atoms with van der Waals surface area (Å²) in [7, 11) is 1.63. The van der Waals surface area contributed by atoms with E-state index in [-0.39, 0.29) is 18.3 Å². The number of carbonyl (C=O) groups is 1. The van der Waals surface area contributed by atoms with E-state index in [1.165, 1.54) is 11.3 Å². The summed E-state index contributed by atoms with van der Waals surface area (Å²) in [6.45, 7) is 1.46. The van der Waals surface area contributed by atoms with Crippen LogP contribution in [0.3, 0.4) is 0 Å². The topological polar surface area (TPSA) is 86.5 Å². The van der Waals surface area contributed by atoms with E-state index in [2.05, 4.69) is 10.3 Å². The highest BCUT2D eigenvalue weighted by molar-refractivity contribution is 7.22. The van der Waals surface area contributed by atoms with Crippen LogP contribution in [0.25, 0.3) is 10.2 Å². The molecule has 1 saturated heterocycles. The molecule has 0 radical (unpaired) electrons. The number of fused-ring (bicyclic) bond motifs is 1. The maximum Gasteiger partial charge on any atom is 0.233 e. The van der Waals surface area contributed by atoms with Gasteiger partial charge in [-0.3, -0.25) is 4.79 Å². The molecule has 0 aliphatic carbocycles. The minimum atomic E-state index is -0.548. The Morgan fingerprint density at radius 2 is 2.22 bits per heavy atom. The molecule has 3 rings (SSSR count). The minimum Gasteiger partial charge on any atom is -0.497 e. The van der Waals surface area contributed by atoms with E-state index in [1.54, 1.807) is 7.11 Å². The number of benzene rings is 1. The van der Waals surface area contributed by atoms with E-state index in [0.717, 1.165) is 16.0 Å². The van der Waals surface area contributed by atoms with Gasteiger partial charge in [0.2, 0.25) is 5.91 Å². The molecule has 1 fully saturated rings. The van der Waals surface area contributed by atoms with Crippen LogP contribution in [0.5, 0.6) is 5.75 Å². The van der Waals surface area contributed by atoms with Crippen molar-refractivity contribution in [2.24, 2.45) is 11.1 Å². The number of thiazole rings is 1. The van der Waals surface area contributed by atoms with Crippen LogP contribution >= 0.6 is 23.7 Å². The summed E-state index contributed by atoms with van der Waals surface area (Å²) in [5, 5.41) is 3.51. The number of nitrogens with one attached hydrogen (secondary N) is 1. The number of ether oxygens (including phenoxy) is 2. The highest BCUT2D eigenvalue weighted by Gasteiger charge is 2.39. The minimum absolute atomic E-state index is 0. The van der Waals surface area contributed by atoms with Gasteiger partial charge in [-0.2, -0.15) is 0 Å². The van der Waals surface area contributed by atoms with Gasteiger partial charge in [0.1, 0.15) is 5.75 Å². The SMILES string of the molecule is COc1ccc2nc(NC(=O)C3(CN)CCOCC3)sc2c1.Cl. The molecule has 0 bridgehead atoms. The van der Waals surface area contributed by atoms with Crippen molar-refractivity contribution in [2.75, 3.05) is 32.2 Å². The first-order chi connectivity index (χ1) is 10.7. The van der Waals surface area contributed by atoms with Crippen molar-refractivity contribution in [3.05, 3.63) is 18.2 Å². The van der Waals surface area contributed by atoms with Crippen molar-refractivity contribution < 1.29 is 14.3 Å². The molecule has 0 unspecified atom stereocenters. The molecule has 1 amide bonds. The number of anilines is 1. The van der Waals surface area contributed by atoms with Crippen LogP contribution in [-0.4, -0.2) is 37.8 Å². The van der Waals surface area contributed by atoms with Gasteiger partial charge in [-0.15, -0.1) is 12.4 Å². The normalized spacial score (nSPS) is 16.6. The molecule has 3 N–H and O–H groups in total. The highest BCUT2D eigenvalue weighted by atomic mass is 35.5. The van der Waals surface area contributed by atoms with E-state index in [0.29, 0.717) is 37.7 Å². The molecule has 126 valence electrons. The Morgan fingerprint density at radius 3 is 2.87 bits per heavy atom. The number of nitrogens with zero attached hydrogens (tertiary/aromatic N) is 1. The third-order valence-electron chi connectivity index (χ3n) is 4.14. The molecule has 0 saturated carbocycles. The Bertz CT molecular complexity index is 686. The number of hydrogen-bond donors (Lipinski definition) is 2. The summed E-state index contributed by atoms with van der Waals surface area (Å²) in [6.07, 6.45) is 1.29. The monoisotopic (exact) mass is 357 g/mol. The number of methoxy groups -OCH3 is 1. The van der Waals surface area contributed by atoms with E-state index >= 15 is 0 Å². The van der Waals surface area contributed by atoms with Crippen LogP contribution in [0.1, 0.15) is 12.8 Å². The number of aromatic nitrogens is 1. The highest BCUT2D eigenvalue weighted by Crippen LogP contribution is 2.33. The van der Waals surface area contributed by atoms with Crippen LogP contribution in [0.2, 0.25) is 0 Å². The van der Waals surface area contributed by atoms with Crippen LogP contribution in [0.4, 0.5) is 5.13 Å². The van der Waals surface area contributed by atoms with Crippen LogP contribution in [-0.2, 0) is 9.53 Å². The molecule has 0 spiro atoms. The summed E-state index contributed by atoms with van der Waals surface area (Å²) >= 11 is 1.43. The molecule has 23 heavy (non-hydrogen) atoms. The van der Waals surface area contributed by atoms with Crippen LogP contribution < -0.4 is 15.8 Å². The fourth-order valence-electron chi connectivity index (χ4n) is 2.60. The second-order valence-corrected chi connectivity index (χ2v) is 6.43. The summed E-state index contributed by atoms with van der Waals surface area (Å²) in [4.78, 5) is 17.1. The third kappa shape index (κ3) is 3.58. The van der Waals surface area contributed by atoms with E-state index in [9.17, 15) is 4.79 Å². The van der Waals surface area contributed by atoms with Crippen molar-refractivity contribution in [2.45, 2.75) is 12.8 Å². The first-order valence-corrected chi connectivity index (χ1v) is 8.02. The molecule has 2 aromatic rings. The lowest BCUT2D eigenvalue weighted by atomic mass is 9.79. The lowest BCUT2D eigenvalue weighted by Gasteiger charge is -2.34. The average molecular weight is 358 g/mol. The van der Waals surface area contributed by atoms with Gasteiger partial charge in [0.25, 0.3) is 0 Å². The number of amides is 1. The van der Waals surface area contributed by atoms with E-state index < -0.39 is 5.41 Å². The van der Waals surface area contributed by atoms with Gasteiger partial charge in [-0.25, -0.2) is 4.98 Å². The predicted octanol–water partition coefficient (Wildman–Crippen LogP) is 2.42. The standard InChI is InChI=1S/C15H19N3O3S.ClH/c1-20-10-2-3-11-12(8-10)22-14(17-11)18-13(19)15(9-16)4-6-21-7-5-15;/h2-3,8H,4-7,9,16H2,1H3,(H,17,18,19);1H. The quantitative estimate of drug-likeness (QED) is 0.877. The molecule has 6 nitrogen and oxygen atoms in total. The summed E-state index contributed by atoms with van der Waals surface area (Å²) in [5.41, 5.74) is 6.15. The van der Waals surface area contributed by atoms with Crippen molar-refractivity contribution >= 4 is 45.0 Å². The van der Waals surface area contributed by atoms with Gasteiger partial charge in [-0.05, 0) is 31.0 Å². The van der Waals surface area contributed by atoms with Gasteiger partial charge in [-0.1, -0.05) is 11.3 Å². The Labute approximate surface area is 144 Å². The zero-order chi connectivity index (χ0) is 15.6. The lowest BCUT2D eigenvalue weighted by Crippen LogP contribution is -2.46. The summed E-state index contributed by atoms with van der Waals surface area (Å²) in [5.74, 6) is 0.709. The fraction of sp³-hybridized carbons (Fsp3) is 0.467. The maximum atomic E-state index is 12.6. The Balaban J connectivity index is 0.00000192. The molecule has 1 aromatic heterocycles. The van der Waals surface area contributed by atoms with E-state index in [4.69, 9.17) is 15.2 Å². The zero-order valence-electron chi connectivity index (χ0n) is 12.8. The number of nitrogens with two attached hydrogens (primary N) is 1. The van der Waals surface area contributed by atoms with Crippen molar-refractivity contribution in [1.82, 2.24) is 4.98 Å². The molecule has 2 heterocycles. The smallest absolute Gasteiger partial charge is 0.233 e. The van der Waals surface area contributed by atoms with Crippen LogP contribution in [0, 0.1) is 5.41 Å². The Kier molecular flexibility index (Phi) is 5.80. The maximum absolute atomic E-state index is 12.6. The van der Waals surface area contributed by atoms with E-state index in [1.807, 2.05) is 18.2 Å². The summed E-state index contributed by atoms with van der Waals surface area (Å²) < 4.78 is 11.5. The van der Waals surface area contributed by atoms with Gasteiger partial charge in [0.05, 0.1) is 22.7 Å². The predicted molar refractivity (Wildman–Crippen MR) is 93.6 cm³/mol. The van der Waals surface area contributed by atoms with Gasteiger partial charge in [0.15, 0.2) is 5.13 Å². The molecule has 1 aliphatic heterocycles. The fourth-order valence-corrected chi connectivity index (χ4v) is 3.49. The molecule has 0 atom stereocenters. The number of hydrogen-bond acceptors (Lipinski definition) is 6. The second-order valence-electron chi connectivity index (χ2n) is 5.40. The molecular weight excluding hydrogens is 338 g/mol. The Morgan fingerprint density at radius 1 is 1.48 bits per heavy atom. The molecule has 1 aliphatic rings. The largest absolute Gasteiger partial charge is 0.497 e. The third-order valence-corrected chi connectivity index (χ3v) is 5.07. The van der Waals surface area contributed by atoms with Crippen molar-refractivity contribution in [3.8, 4) is 5.75 Å². The number of rotatable bonds is 4. The number of carbonyl (C=O) groups excluding carboxylic acids is 1. The first-order valence-electron chi connectivity index (χ1n) is 7.21. The van der Waals surface area contributed by atoms with Crippen molar-refractivity contribution in [3.63, 3.8) is 0 Å². The zero-order valence-corrected chi connectivity index (χ0v) is 14.5. The lowest BCUT2D eigenvalue weighted by molar-refractivity contribution is -0.130. The van der Waals surface area contributed by atoms with Gasteiger partial charge in [0, 0.05) is 19.8 Å². The molecule has 1 aromatic carbocycles. The van der Waals surface area contributed by atoms with Gasteiger partial charge < -0.3 is 20.5 Å². The summed E-state index contributed by atoms with van der Waals surface area (Å²) in [6, 6.07) is 5.65. The Hall–Kier alpha value is -1.41. The van der Waals surface area contributed by atoms with Crippen LogP contribution in [0.15, 0.2) is 18.2 Å². The second kappa shape index (κ2) is 7.44. The molecule has 8 heteroatoms. The average Bonchev–Trinajstić information content (AvgIpc) is 2.96. The number of halogens is 1. The van der Waals surface area contributed by atoms with Crippen molar-refractivity contribution in [1.29, 1.82) is 0 Å². The first kappa shape index (κ1) is 17.9. The molecular formula is C15H20ClN3O3S. The van der Waals surface area contributed by atoms with Gasteiger partial charge >= 0.3 is 0 Å².